The number of hydrogen-bond acceptors (Lipinski definition) is 5. The molecular weight excluding hydrogens is 304 g/mol. The van der Waals surface area contributed by atoms with Crippen LogP contribution >= 0.6 is 0 Å². The Labute approximate surface area is 132 Å². The van der Waals surface area contributed by atoms with Gasteiger partial charge in [-0.1, -0.05) is 19.0 Å². The Bertz CT molecular complexity index is 690. The summed E-state index contributed by atoms with van der Waals surface area (Å²) < 4.78 is 32.7. The third-order valence-corrected chi connectivity index (χ3v) is 4.02. The van der Waals surface area contributed by atoms with E-state index < -0.39 is 23.8 Å². The average molecular weight is 323 g/mol. The molecule has 7 heteroatoms. The summed E-state index contributed by atoms with van der Waals surface area (Å²) in [5, 5.41) is 13.9. The first-order valence-corrected chi connectivity index (χ1v) is 7.63. The van der Waals surface area contributed by atoms with Gasteiger partial charge in [0.25, 0.3) is 0 Å². The molecule has 0 radical (unpaired) electrons. The van der Waals surface area contributed by atoms with Crippen LogP contribution in [0.2, 0.25) is 0 Å². The highest BCUT2D eigenvalue weighted by Gasteiger charge is 2.34. The Kier molecular flexibility index (Phi) is 4.41. The van der Waals surface area contributed by atoms with Crippen LogP contribution < -0.4 is 0 Å². The Morgan fingerprint density at radius 3 is 2.87 bits per heavy atom. The second-order valence-corrected chi connectivity index (χ2v) is 6.20. The summed E-state index contributed by atoms with van der Waals surface area (Å²) in [6.07, 6.45) is -0.255. The molecule has 0 spiro atoms. The summed E-state index contributed by atoms with van der Waals surface area (Å²) >= 11 is 0. The molecule has 124 valence electrons. The van der Waals surface area contributed by atoms with Crippen LogP contribution in [0.5, 0.6) is 0 Å². The van der Waals surface area contributed by atoms with Gasteiger partial charge in [0.1, 0.15) is 11.6 Å². The molecule has 1 aliphatic rings. The van der Waals surface area contributed by atoms with Gasteiger partial charge in [0.15, 0.2) is 5.82 Å². The van der Waals surface area contributed by atoms with Gasteiger partial charge in [-0.15, -0.1) is 0 Å². The highest BCUT2D eigenvalue weighted by atomic mass is 19.1. The summed E-state index contributed by atoms with van der Waals surface area (Å²) in [6, 6.07) is 2.96. The van der Waals surface area contributed by atoms with E-state index >= 15 is 0 Å². The molecule has 1 aromatic heterocycles. The number of rotatable bonds is 4. The van der Waals surface area contributed by atoms with Crippen LogP contribution in [0, 0.1) is 11.6 Å². The molecule has 0 amide bonds. The zero-order valence-electron chi connectivity index (χ0n) is 13.0. The van der Waals surface area contributed by atoms with Crippen LogP contribution in [0.1, 0.15) is 49.5 Å². The second-order valence-electron chi connectivity index (χ2n) is 6.20. The lowest BCUT2D eigenvalue weighted by molar-refractivity contribution is 0.170. The van der Waals surface area contributed by atoms with E-state index in [2.05, 4.69) is 10.1 Å². The van der Waals surface area contributed by atoms with Gasteiger partial charge in [0, 0.05) is 24.1 Å². The number of β-amino-alcohol motifs (C(OH)–C–C–N with tert-alkyl or cyclic N) is 1. The number of halogens is 2. The van der Waals surface area contributed by atoms with Crippen LogP contribution in [-0.2, 0) is 6.54 Å². The van der Waals surface area contributed by atoms with Gasteiger partial charge in [0.2, 0.25) is 5.89 Å². The van der Waals surface area contributed by atoms with Crippen molar-refractivity contribution < 1.29 is 18.4 Å². The van der Waals surface area contributed by atoms with Crippen molar-refractivity contribution in [1.29, 1.82) is 0 Å². The van der Waals surface area contributed by atoms with Gasteiger partial charge >= 0.3 is 0 Å². The molecule has 0 unspecified atom stereocenters. The first-order valence-electron chi connectivity index (χ1n) is 7.63. The molecular formula is C16H19F2N3O2. The van der Waals surface area contributed by atoms with Crippen molar-refractivity contribution in [2.45, 2.75) is 44.9 Å². The Morgan fingerprint density at radius 2 is 2.17 bits per heavy atom. The van der Waals surface area contributed by atoms with Gasteiger partial charge in [-0.05, 0) is 24.6 Å². The lowest BCUT2D eigenvalue weighted by Gasteiger charge is -2.23. The SMILES string of the molecule is CC(C)c1nc(CN2C[C@H](O)C[C@H]2c2cc(F)ccc2F)no1. The van der Waals surface area contributed by atoms with Crippen LogP contribution in [0.15, 0.2) is 22.7 Å². The number of aliphatic hydroxyl groups is 1. The fourth-order valence-electron chi connectivity index (χ4n) is 2.90. The molecule has 1 aliphatic heterocycles. The third-order valence-electron chi connectivity index (χ3n) is 4.02. The van der Waals surface area contributed by atoms with Crippen LogP contribution in [0.4, 0.5) is 8.78 Å². The summed E-state index contributed by atoms with van der Waals surface area (Å²) in [5.41, 5.74) is 0.245. The molecule has 5 nitrogen and oxygen atoms in total. The quantitative estimate of drug-likeness (QED) is 0.937. The van der Waals surface area contributed by atoms with Crippen LogP contribution in [-0.4, -0.2) is 32.8 Å². The van der Waals surface area contributed by atoms with Crippen molar-refractivity contribution in [3.63, 3.8) is 0 Å². The van der Waals surface area contributed by atoms with E-state index in [9.17, 15) is 13.9 Å². The average Bonchev–Trinajstić information content (AvgIpc) is 3.09. The Hall–Kier alpha value is -1.86. The molecule has 0 bridgehead atoms. The predicted molar refractivity (Wildman–Crippen MR) is 78.5 cm³/mol. The van der Waals surface area contributed by atoms with E-state index in [4.69, 9.17) is 4.52 Å². The van der Waals surface area contributed by atoms with E-state index in [1.165, 1.54) is 6.07 Å². The summed E-state index contributed by atoms with van der Waals surface area (Å²) in [5.74, 6) is 0.158. The normalized spacial score (nSPS) is 22.2. The number of likely N-dealkylation sites (tertiary alicyclic amines) is 1. The van der Waals surface area contributed by atoms with Gasteiger partial charge in [-0.2, -0.15) is 4.98 Å². The molecule has 1 fully saturated rings. The minimum absolute atomic E-state index is 0.122. The molecule has 2 heterocycles. The standard InChI is InChI=1S/C16H19F2N3O2/c1-9(2)16-19-15(20-23-16)8-21-7-11(22)6-14(21)12-5-10(17)3-4-13(12)18/h3-5,9,11,14,22H,6-8H2,1-2H3/t11-,14+/m1/s1. The molecule has 2 atom stereocenters. The number of aliphatic hydroxyl groups excluding tert-OH is 1. The molecule has 2 aromatic rings. The third kappa shape index (κ3) is 3.40. The lowest BCUT2D eigenvalue weighted by atomic mass is 10.0. The van der Waals surface area contributed by atoms with Crippen molar-refractivity contribution in [3.8, 4) is 0 Å². The minimum Gasteiger partial charge on any atom is -0.392 e. The first-order chi connectivity index (χ1) is 10.9. The van der Waals surface area contributed by atoms with Crippen molar-refractivity contribution in [3.05, 3.63) is 47.1 Å². The summed E-state index contributed by atoms with van der Waals surface area (Å²) in [6.45, 7) is 4.56. The van der Waals surface area contributed by atoms with Gasteiger partial charge < -0.3 is 9.63 Å². The molecule has 1 aromatic carbocycles. The van der Waals surface area contributed by atoms with E-state index in [-0.39, 0.29) is 11.5 Å². The Balaban J connectivity index is 1.83. The molecule has 1 N–H and O–H groups in total. The zero-order valence-corrected chi connectivity index (χ0v) is 13.0. The van der Waals surface area contributed by atoms with Crippen molar-refractivity contribution in [2.75, 3.05) is 6.54 Å². The molecule has 23 heavy (non-hydrogen) atoms. The smallest absolute Gasteiger partial charge is 0.229 e. The Morgan fingerprint density at radius 1 is 1.39 bits per heavy atom. The van der Waals surface area contributed by atoms with E-state index in [0.717, 1.165) is 12.1 Å². The summed E-state index contributed by atoms with van der Waals surface area (Å²) in [7, 11) is 0. The monoisotopic (exact) mass is 323 g/mol. The molecule has 3 rings (SSSR count). The minimum atomic E-state index is -0.598. The lowest BCUT2D eigenvalue weighted by Crippen LogP contribution is -2.25. The fourth-order valence-corrected chi connectivity index (χ4v) is 2.90. The highest BCUT2D eigenvalue weighted by Crippen LogP contribution is 2.34. The van der Waals surface area contributed by atoms with E-state index in [1.807, 2.05) is 18.7 Å². The maximum atomic E-state index is 14.0. The molecule has 0 aliphatic carbocycles. The number of nitrogens with zero attached hydrogens (tertiary/aromatic N) is 3. The number of benzene rings is 1. The van der Waals surface area contributed by atoms with Gasteiger partial charge in [0.05, 0.1) is 12.6 Å². The van der Waals surface area contributed by atoms with Gasteiger partial charge in [-0.3, -0.25) is 4.90 Å². The van der Waals surface area contributed by atoms with Crippen molar-refractivity contribution in [1.82, 2.24) is 15.0 Å². The van der Waals surface area contributed by atoms with E-state index in [1.54, 1.807) is 0 Å². The van der Waals surface area contributed by atoms with Gasteiger partial charge in [-0.25, -0.2) is 8.78 Å². The zero-order chi connectivity index (χ0) is 16.6. The number of aromatic nitrogens is 2. The molecule has 0 saturated carbocycles. The largest absolute Gasteiger partial charge is 0.392 e. The maximum Gasteiger partial charge on any atom is 0.229 e. The highest BCUT2D eigenvalue weighted by molar-refractivity contribution is 5.24. The van der Waals surface area contributed by atoms with Crippen molar-refractivity contribution in [2.24, 2.45) is 0 Å². The maximum absolute atomic E-state index is 14.0. The topological polar surface area (TPSA) is 62.4 Å². The summed E-state index contributed by atoms with van der Waals surface area (Å²) in [4.78, 5) is 6.14. The first kappa shape index (κ1) is 16.0. The second kappa shape index (κ2) is 6.33. The fraction of sp³-hybridized carbons (Fsp3) is 0.500. The van der Waals surface area contributed by atoms with Crippen LogP contribution in [0.25, 0.3) is 0 Å². The van der Waals surface area contributed by atoms with Crippen molar-refractivity contribution >= 4 is 0 Å². The molecule has 1 saturated heterocycles. The predicted octanol–water partition coefficient (Wildman–Crippen LogP) is 2.78. The van der Waals surface area contributed by atoms with Crippen LogP contribution in [0.3, 0.4) is 0 Å². The number of hydrogen-bond donors (Lipinski definition) is 1. The van der Waals surface area contributed by atoms with E-state index in [0.29, 0.717) is 31.2 Å².